The Labute approximate surface area is 116 Å². The van der Waals surface area contributed by atoms with Crippen LogP contribution in [0, 0.1) is 11.3 Å². The van der Waals surface area contributed by atoms with Crippen LogP contribution in [0.2, 0.25) is 0 Å². The third-order valence-electron chi connectivity index (χ3n) is 3.21. The molecule has 0 saturated heterocycles. The van der Waals surface area contributed by atoms with E-state index < -0.39 is 11.9 Å². The molecule has 0 aliphatic rings. The molecule has 1 N–H and O–H groups in total. The molecule has 4 nitrogen and oxygen atoms in total. The zero-order chi connectivity index (χ0) is 15.6. The number of hydrogen-bond donors (Lipinski definition) is 1. The van der Waals surface area contributed by atoms with E-state index in [2.05, 4.69) is 10.3 Å². The van der Waals surface area contributed by atoms with Gasteiger partial charge in [-0.2, -0.15) is 18.4 Å². The van der Waals surface area contributed by atoms with Gasteiger partial charge in [0.1, 0.15) is 17.6 Å². The van der Waals surface area contributed by atoms with Crippen LogP contribution in [0.3, 0.4) is 0 Å². The summed E-state index contributed by atoms with van der Waals surface area (Å²) in [5, 5.41) is 11.8. The van der Waals surface area contributed by atoms with E-state index in [9.17, 15) is 13.2 Å². The van der Waals surface area contributed by atoms with Gasteiger partial charge >= 0.3 is 6.18 Å². The lowest BCUT2D eigenvalue weighted by atomic mass is 10.0. The molecule has 0 bridgehead atoms. The van der Waals surface area contributed by atoms with Crippen molar-refractivity contribution in [2.24, 2.45) is 0 Å². The van der Waals surface area contributed by atoms with Crippen molar-refractivity contribution in [3.05, 3.63) is 23.4 Å². The van der Waals surface area contributed by atoms with Gasteiger partial charge in [0.25, 0.3) is 0 Å². The maximum Gasteiger partial charge on any atom is 0.433 e. The summed E-state index contributed by atoms with van der Waals surface area (Å²) in [5.41, 5.74) is -1.21. The van der Waals surface area contributed by atoms with Gasteiger partial charge in [-0.15, -0.1) is 0 Å². The lowest BCUT2D eigenvalue weighted by Crippen LogP contribution is -2.44. The summed E-state index contributed by atoms with van der Waals surface area (Å²) >= 11 is 0. The number of hydrogen-bond acceptors (Lipinski definition) is 4. The Balaban J connectivity index is 3.02. The second kappa shape index (κ2) is 5.67. The van der Waals surface area contributed by atoms with E-state index in [4.69, 9.17) is 5.26 Å². The summed E-state index contributed by atoms with van der Waals surface area (Å²) in [7, 11) is 3.74. The van der Waals surface area contributed by atoms with E-state index in [-0.39, 0.29) is 16.9 Å². The molecular formula is C13H17F3N4. The summed E-state index contributed by atoms with van der Waals surface area (Å²) < 4.78 is 37.9. The van der Waals surface area contributed by atoms with Crippen molar-refractivity contribution in [3.63, 3.8) is 0 Å². The molecule has 0 fully saturated rings. The number of aromatic nitrogens is 1. The van der Waals surface area contributed by atoms with Crippen molar-refractivity contribution in [2.75, 3.05) is 26.0 Å². The van der Waals surface area contributed by atoms with Crippen molar-refractivity contribution in [1.29, 1.82) is 5.26 Å². The van der Waals surface area contributed by atoms with Gasteiger partial charge in [0.15, 0.2) is 0 Å². The molecule has 0 radical (unpaired) electrons. The summed E-state index contributed by atoms with van der Waals surface area (Å²) in [6.07, 6.45) is -4.53. The first kappa shape index (κ1) is 16.2. The van der Waals surface area contributed by atoms with Crippen molar-refractivity contribution in [2.45, 2.75) is 25.6 Å². The van der Waals surface area contributed by atoms with E-state index in [1.807, 2.05) is 38.9 Å². The van der Waals surface area contributed by atoms with Crippen molar-refractivity contribution in [3.8, 4) is 6.07 Å². The Kier molecular flexibility index (Phi) is 4.61. The molecule has 0 aliphatic carbocycles. The number of nitriles is 1. The average Bonchev–Trinajstić information content (AvgIpc) is 2.34. The van der Waals surface area contributed by atoms with Gasteiger partial charge in [0.2, 0.25) is 0 Å². The highest BCUT2D eigenvalue weighted by Crippen LogP contribution is 2.29. The zero-order valence-corrected chi connectivity index (χ0v) is 11.8. The molecule has 1 aromatic heterocycles. The number of halogens is 3. The first-order valence-electron chi connectivity index (χ1n) is 5.97. The fourth-order valence-electron chi connectivity index (χ4n) is 1.30. The molecule has 110 valence electrons. The van der Waals surface area contributed by atoms with E-state index in [0.717, 1.165) is 12.1 Å². The fourth-order valence-corrected chi connectivity index (χ4v) is 1.30. The van der Waals surface area contributed by atoms with Crippen LogP contribution in [0.1, 0.15) is 25.1 Å². The standard InChI is InChI=1S/C13H17F3N4/c1-12(2,20(3)4)8-18-11-9(7-17)5-6-10(19-11)13(14,15)16/h5-6H,8H2,1-4H3,(H,18,19). The fraction of sp³-hybridized carbons (Fsp3) is 0.538. The Morgan fingerprint density at radius 1 is 1.30 bits per heavy atom. The molecule has 1 heterocycles. The maximum atomic E-state index is 12.6. The Morgan fingerprint density at radius 3 is 2.35 bits per heavy atom. The predicted octanol–water partition coefficient (Wildman–Crippen LogP) is 2.72. The SMILES string of the molecule is CN(C)C(C)(C)CNc1nc(C(F)(F)F)ccc1C#N. The van der Waals surface area contributed by atoms with Crippen LogP contribution >= 0.6 is 0 Å². The first-order valence-corrected chi connectivity index (χ1v) is 5.97. The molecule has 0 saturated carbocycles. The minimum atomic E-state index is -4.53. The molecule has 1 rings (SSSR count). The minimum absolute atomic E-state index is 0.0442. The van der Waals surface area contributed by atoms with Crippen molar-refractivity contribution < 1.29 is 13.2 Å². The van der Waals surface area contributed by atoms with Gasteiger partial charge in [-0.05, 0) is 40.1 Å². The number of nitrogens with zero attached hydrogens (tertiary/aromatic N) is 3. The van der Waals surface area contributed by atoms with E-state index in [1.54, 1.807) is 0 Å². The monoisotopic (exact) mass is 286 g/mol. The number of alkyl halides is 3. The average molecular weight is 286 g/mol. The lowest BCUT2D eigenvalue weighted by Gasteiger charge is -2.33. The first-order chi connectivity index (χ1) is 9.08. The van der Waals surface area contributed by atoms with Crippen LogP contribution in [0.25, 0.3) is 0 Å². The van der Waals surface area contributed by atoms with E-state index in [1.165, 1.54) is 0 Å². The number of likely N-dealkylation sites (N-methyl/N-ethyl adjacent to an activating group) is 1. The molecule has 7 heteroatoms. The van der Waals surface area contributed by atoms with E-state index in [0.29, 0.717) is 6.54 Å². The third-order valence-corrected chi connectivity index (χ3v) is 3.21. The zero-order valence-electron chi connectivity index (χ0n) is 11.8. The largest absolute Gasteiger partial charge is 0.433 e. The third kappa shape index (κ3) is 3.84. The van der Waals surface area contributed by atoms with Crippen LogP contribution in [-0.2, 0) is 6.18 Å². The van der Waals surface area contributed by atoms with E-state index >= 15 is 0 Å². The molecule has 1 aromatic rings. The number of anilines is 1. The second-order valence-electron chi connectivity index (χ2n) is 5.26. The predicted molar refractivity (Wildman–Crippen MR) is 70.2 cm³/mol. The Morgan fingerprint density at radius 2 is 1.90 bits per heavy atom. The minimum Gasteiger partial charge on any atom is -0.367 e. The maximum absolute atomic E-state index is 12.6. The van der Waals surface area contributed by atoms with Crippen LogP contribution in [0.5, 0.6) is 0 Å². The summed E-state index contributed by atoms with van der Waals surface area (Å²) in [5.74, 6) is -0.0442. The number of nitrogens with one attached hydrogen (secondary N) is 1. The van der Waals surface area contributed by atoms with Crippen LogP contribution < -0.4 is 5.32 Å². The van der Waals surface area contributed by atoms with Crippen LogP contribution in [0.15, 0.2) is 12.1 Å². The molecule has 0 atom stereocenters. The van der Waals surface area contributed by atoms with Crippen molar-refractivity contribution >= 4 is 5.82 Å². The highest BCUT2D eigenvalue weighted by Gasteiger charge is 2.33. The van der Waals surface area contributed by atoms with Gasteiger partial charge in [-0.1, -0.05) is 0 Å². The Bertz CT molecular complexity index is 515. The lowest BCUT2D eigenvalue weighted by molar-refractivity contribution is -0.141. The van der Waals surface area contributed by atoms with Gasteiger partial charge in [-0.25, -0.2) is 4.98 Å². The van der Waals surface area contributed by atoms with Gasteiger partial charge in [-0.3, -0.25) is 0 Å². The Hall–Kier alpha value is -1.81. The van der Waals surface area contributed by atoms with Gasteiger partial charge in [0.05, 0.1) is 5.56 Å². The van der Waals surface area contributed by atoms with Crippen LogP contribution in [-0.4, -0.2) is 36.1 Å². The highest BCUT2D eigenvalue weighted by atomic mass is 19.4. The molecular weight excluding hydrogens is 269 g/mol. The summed E-state index contributed by atoms with van der Waals surface area (Å²) in [6, 6.07) is 3.77. The van der Waals surface area contributed by atoms with Gasteiger partial charge in [0, 0.05) is 12.1 Å². The quantitative estimate of drug-likeness (QED) is 0.924. The van der Waals surface area contributed by atoms with Gasteiger partial charge < -0.3 is 10.2 Å². The molecule has 0 spiro atoms. The molecule has 0 amide bonds. The molecule has 0 unspecified atom stereocenters. The molecule has 0 aromatic carbocycles. The topological polar surface area (TPSA) is 52.0 Å². The second-order valence-corrected chi connectivity index (χ2v) is 5.26. The molecule has 20 heavy (non-hydrogen) atoms. The summed E-state index contributed by atoms with van der Waals surface area (Å²) in [6.45, 7) is 4.22. The number of pyridine rings is 1. The smallest absolute Gasteiger partial charge is 0.367 e. The van der Waals surface area contributed by atoms with Crippen molar-refractivity contribution in [1.82, 2.24) is 9.88 Å². The number of rotatable bonds is 4. The highest BCUT2D eigenvalue weighted by molar-refractivity contribution is 5.52. The summed E-state index contributed by atoms with van der Waals surface area (Å²) in [4.78, 5) is 5.43. The normalized spacial score (nSPS) is 12.3. The molecule has 0 aliphatic heterocycles. The van der Waals surface area contributed by atoms with Crippen LogP contribution in [0.4, 0.5) is 19.0 Å².